The summed E-state index contributed by atoms with van der Waals surface area (Å²) in [5.41, 5.74) is 4.12. The highest BCUT2D eigenvalue weighted by Gasteiger charge is 2.18. The molecular weight excluding hydrogens is 442 g/mol. The zero-order valence-electron chi connectivity index (χ0n) is 22.0. The molecule has 7 nitrogen and oxygen atoms in total. The predicted octanol–water partition coefficient (Wildman–Crippen LogP) is 6.36. The van der Waals surface area contributed by atoms with Crippen molar-refractivity contribution < 1.29 is 19.0 Å². The van der Waals surface area contributed by atoms with Gasteiger partial charge in [0.25, 0.3) is 0 Å². The van der Waals surface area contributed by atoms with Gasteiger partial charge in [-0.25, -0.2) is 4.79 Å². The van der Waals surface area contributed by atoms with Crippen LogP contribution in [0.4, 0.5) is 4.79 Å². The number of amides is 1. The minimum Gasteiger partial charge on any atom is -0.497 e. The molecule has 7 heteroatoms. The summed E-state index contributed by atoms with van der Waals surface area (Å²) in [5.74, 6) is 1.75. The highest BCUT2D eigenvalue weighted by molar-refractivity contribution is 5.83. The van der Waals surface area contributed by atoms with Crippen LogP contribution in [0.3, 0.4) is 0 Å². The van der Waals surface area contributed by atoms with E-state index >= 15 is 0 Å². The summed E-state index contributed by atoms with van der Waals surface area (Å²) in [5, 5.41) is 5.21. The lowest BCUT2D eigenvalue weighted by Gasteiger charge is -2.22. The monoisotopic (exact) mass is 479 g/mol. The minimum atomic E-state index is -0.490. The van der Waals surface area contributed by atoms with E-state index in [4.69, 9.17) is 14.2 Å². The molecule has 0 bridgehead atoms. The SMILES string of the molecule is COc1ccc2[nH]c(C)cc2c1.COc1ccc2c(c1)cc(C)n2C[C@H](C)NC(=O)OC(C)(C)C. The molecule has 2 aromatic carbocycles. The highest BCUT2D eigenvalue weighted by atomic mass is 16.6. The lowest BCUT2D eigenvalue weighted by molar-refractivity contribution is 0.0504. The summed E-state index contributed by atoms with van der Waals surface area (Å²) < 4.78 is 17.9. The van der Waals surface area contributed by atoms with E-state index in [1.165, 1.54) is 11.1 Å². The molecule has 0 aliphatic heterocycles. The number of methoxy groups -OCH3 is 2. The molecule has 0 spiro atoms. The molecular formula is C28H37N3O4. The van der Waals surface area contributed by atoms with Crippen molar-refractivity contribution in [2.24, 2.45) is 0 Å². The average Bonchev–Trinajstić information content (AvgIpc) is 3.29. The first-order chi connectivity index (χ1) is 16.5. The van der Waals surface area contributed by atoms with Gasteiger partial charge in [0.2, 0.25) is 0 Å². The summed E-state index contributed by atoms with van der Waals surface area (Å²) >= 11 is 0. The molecule has 0 aliphatic carbocycles. The first-order valence-corrected chi connectivity index (χ1v) is 11.8. The first-order valence-electron chi connectivity index (χ1n) is 11.8. The molecule has 0 saturated heterocycles. The Bertz CT molecular complexity index is 1300. The number of hydrogen-bond acceptors (Lipinski definition) is 4. The largest absolute Gasteiger partial charge is 0.497 e. The fraction of sp³-hybridized carbons (Fsp3) is 0.393. The smallest absolute Gasteiger partial charge is 0.407 e. The predicted molar refractivity (Wildman–Crippen MR) is 142 cm³/mol. The average molecular weight is 480 g/mol. The third-order valence-corrected chi connectivity index (χ3v) is 5.50. The van der Waals surface area contributed by atoms with Gasteiger partial charge >= 0.3 is 6.09 Å². The van der Waals surface area contributed by atoms with Gasteiger partial charge in [0.05, 0.1) is 14.2 Å². The van der Waals surface area contributed by atoms with Crippen molar-refractivity contribution in [1.29, 1.82) is 0 Å². The number of carbonyl (C=O) groups excluding carboxylic acids is 1. The van der Waals surface area contributed by atoms with Crippen LogP contribution in [-0.2, 0) is 11.3 Å². The molecule has 0 fully saturated rings. The molecule has 188 valence electrons. The van der Waals surface area contributed by atoms with Crippen LogP contribution in [0.1, 0.15) is 39.1 Å². The van der Waals surface area contributed by atoms with Gasteiger partial charge < -0.3 is 29.1 Å². The van der Waals surface area contributed by atoms with Crippen LogP contribution < -0.4 is 14.8 Å². The Morgan fingerprint density at radius 3 is 2.23 bits per heavy atom. The number of H-pyrrole nitrogens is 1. The molecule has 1 amide bonds. The lowest BCUT2D eigenvalue weighted by atomic mass is 10.2. The van der Waals surface area contributed by atoms with Gasteiger partial charge in [-0.3, -0.25) is 0 Å². The fourth-order valence-corrected chi connectivity index (χ4v) is 3.97. The number of aryl methyl sites for hydroxylation is 2. The van der Waals surface area contributed by atoms with E-state index in [0.717, 1.165) is 33.6 Å². The second-order valence-corrected chi connectivity index (χ2v) is 9.77. The normalized spacial score (nSPS) is 12.1. The van der Waals surface area contributed by atoms with Gasteiger partial charge in [-0.15, -0.1) is 0 Å². The number of aromatic amines is 1. The number of fused-ring (bicyclic) bond motifs is 2. The molecule has 2 aromatic heterocycles. The van der Waals surface area contributed by atoms with Gasteiger partial charge in [0, 0.05) is 45.8 Å². The summed E-state index contributed by atoms with van der Waals surface area (Å²) in [6.07, 6.45) is -0.388. The number of carbonyl (C=O) groups is 1. The molecule has 0 unspecified atom stereocenters. The highest BCUT2D eigenvalue weighted by Crippen LogP contribution is 2.25. The molecule has 1 atom stereocenters. The number of aromatic nitrogens is 2. The third kappa shape index (κ3) is 6.94. The van der Waals surface area contributed by atoms with Crippen LogP contribution in [0.2, 0.25) is 0 Å². The van der Waals surface area contributed by atoms with Crippen molar-refractivity contribution in [3.8, 4) is 11.5 Å². The van der Waals surface area contributed by atoms with Gasteiger partial charge in [-0.2, -0.15) is 0 Å². The van der Waals surface area contributed by atoms with E-state index < -0.39 is 5.60 Å². The molecule has 2 N–H and O–H groups in total. The number of alkyl carbamates (subject to hydrolysis) is 1. The summed E-state index contributed by atoms with van der Waals surface area (Å²) in [7, 11) is 3.35. The maximum atomic E-state index is 11.9. The Balaban J connectivity index is 0.000000237. The standard InChI is InChI=1S/C18H26N2O3.C10H11NO/c1-12(19-17(21)23-18(3,4)5)11-20-13(2)9-14-10-15(22-6)7-8-16(14)20;1-7-5-8-6-9(12-2)3-4-10(8)11-7/h7-10,12H,11H2,1-6H3,(H,19,21);3-6,11H,1-2H3/t12-;/m0./s1. The van der Waals surface area contributed by atoms with E-state index in [1.807, 2.05) is 71.0 Å². The Hall–Kier alpha value is -3.61. The van der Waals surface area contributed by atoms with Gasteiger partial charge in [0.15, 0.2) is 0 Å². The maximum absolute atomic E-state index is 11.9. The first kappa shape index (κ1) is 26.0. The summed E-state index contributed by atoms with van der Waals surface area (Å²) in [6, 6.07) is 16.2. The lowest BCUT2D eigenvalue weighted by Crippen LogP contribution is -2.39. The Morgan fingerprint density at radius 1 is 0.971 bits per heavy atom. The topological polar surface area (TPSA) is 77.5 Å². The molecule has 2 heterocycles. The van der Waals surface area contributed by atoms with Crippen LogP contribution in [0.25, 0.3) is 21.8 Å². The summed E-state index contributed by atoms with van der Waals surface area (Å²) in [6.45, 7) is 12.3. The third-order valence-electron chi connectivity index (χ3n) is 5.50. The number of rotatable bonds is 5. The van der Waals surface area contributed by atoms with Crippen molar-refractivity contribution in [1.82, 2.24) is 14.9 Å². The van der Waals surface area contributed by atoms with E-state index in [-0.39, 0.29) is 12.1 Å². The van der Waals surface area contributed by atoms with E-state index in [9.17, 15) is 4.79 Å². The van der Waals surface area contributed by atoms with Crippen molar-refractivity contribution >= 4 is 27.9 Å². The molecule has 35 heavy (non-hydrogen) atoms. The zero-order chi connectivity index (χ0) is 25.8. The maximum Gasteiger partial charge on any atom is 0.407 e. The van der Waals surface area contributed by atoms with Gasteiger partial charge in [-0.1, -0.05) is 0 Å². The van der Waals surface area contributed by atoms with Crippen LogP contribution in [0, 0.1) is 13.8 Å². The number of nitrogens with one attached hydrogen (secondary N) is 2. The molecule has 0 saturated carbocycles. The van der Waals surface area contributed by atoms with Crippen LogP contribution >= 0.6 is 0 Å². The summed E-state index contributed by atoms with van der Waals surface area (Å²) in [4.78, 5) is 15.1. The Morgan fingerprint density at radius 2 is 1.60 bits per heavy atom. The molecule has 0 radical (unpaired) electrons. The van der Waals surface area contributed by atoms with Crippen LogP contribution in [0.5, 0.6) is 11.5 Å². The number of benzene rings is 2. The second-order valence-electron chi connectivity index (χ2n) is 9.77. The van der Waals surface area contributed by atoms with Crippen LogP contribution in [0.15, 0.2) is 48.5 Å². The number of hydrogen-bond donors (Lipinski definition) is 2. The van der Waals surface area contributed by atoms with Gasteiger partial charge in [-0.05, 0) is 90.1 Å². The molecule has 4 rings (SSSR count). The molecule has 0 aliphatic rings. The van der Waals surface area contributed by atoms with Crippen molar-refractivity contribution in [2.45, 2.75) is 59.7 Å². The van der Waals surface area contributed by atoms with E-state index in [1.54, 1.807) is 14.2 Å². The van der Waals surface area contributed by atoms with Crippen molar-refractivity contribution in [3.63, 3.8) is 0 Å². The van der Waals surface area contributed by atoms with Crippen molar-refractivity contribution in [3.05, 3.63) is 59.9 Å². The second kappa shape index (κ2) is 10.8. The molecule has 4 aromatic rings. The van der Waals surface area contributed by atoms with E-state index in [2.05, 4.69) is 33.9 Å². The van der Waals surface area contributed by atoms with E-state index in [0.29, 0.717) is 6.54 Å². The number of ether oxygens (including phenoxy) is 3. The van der Waals surface area contributed by atoms with Crippen LogP contribution in [-0.4, -0.2) is 41.5 Å². The van der Waals surface area contributed by atoms with Gasteiger partial charge in [0.1, 0.15) is 17.1 Å². The quantitative estimate of drug-likeness (QED) is 0.349. The zero-order valence-corrected chi connectivity index (χ0v) is 22.0. The minimum absolute atomic E-state index is 0.0405. The Kier molecular flexibility index (Phi) is 7.99. The fourth-order valence-electron chi connectivity index (χ4n) is 3.97. The number of nitrogens with zero attached hydrogens (tertiary/aromatic N) is 1. The van der Waals surface area contributed by atoms with Crippen molar-refractivity contribution in [2.75, 3.05) is 14.2 Å². The Labute approximate surface area is 207 Å².